The van der Waals surface area contributed by atoms with Crippen molar-refractivity contribution in [2.24, 2.45) is 5.73 Å². The van der Waals surface area contributed by atoms with Crippen LogP contribution in [0.5, 0.6) is 0 Å². The molecule has 0 unspecified atom stereocenters. The van der Waals surface area contributed by atoms with Gasteiger partial charge in [-0.2, -0.15) is 0 Å². The quantitative estimate of drug-likeness (QED) is 0.232. The SMILES string of the molecule is CCN(CC)CCN(C(=O)OCCOCCN)C(=O)c1c(C)[nH]c(C=C2C(=O)Nc3ccc(F)cc32)c1C.Cl.Cl.Cl. The number of amides is 3. The van der Waals surface area contributed by atoms with E-state index in [1.807, 2.05) is 13.8 Å². The zero-order chi connectivity index (χ0) is 27.8. The molecule has 3 amide bonds. The summed E-state index contributed by atoms with van der Waals surface area (Å²) in [5.74, 6) is -1.34. The van der Waals surface area contributed by atoms with Crippen molar-refractivity contribution in [3.63, 3.8) is 0 Å². The number of aromatic amines is 1. The predicted molar refractivity (Wildman–Crippen MR) is 165 cm³/mol. The van der Waals surface area contributed by atoms with Gasteiger partial charge in [0.15, 0.2) is 0 Å². The third kappa shape index (κ3) is 9.42. The van der Waals surface area contributed by atoms with Crippen LogP contribution in [0.4, 0.5) is 14.9 Å². The number of aromatic nitrogens is 1. The van der Waals surface area contributed by atoms with Crippen LogP contribution in [0.15, 0.2) is 18.2 Å². The molecule has 3 rings (SSSR count). The topological polar surface area (TPSA) is 130 Å². The number of carbonyl (C=O) groups excluding carboxylic acids is 3. The molecule has 41 heavy (non-hydrogen) atoms. The number of nitrogens with one attached hydrogen (secondary N) is 2. The number of nitrogens with zero attached hydrogens (tertiary/aromatic N) is 2. The summed E-state index contributed by atoms with van der Waals surface area (Å²) in [5, 5.41) is 2.72. The summed E-state index contributed by atoms with van der Waals surface area (Å²) >= 11 is 0. The Bertz CT molecular complexity index is 1220. The average Bonchev–Trinajstić information content (AvgIpc) is 3.35. The maximum atomic E-state index is 13.9. The third-order valence-corrected chi connectivity index (χ3v) is 6.46. The zero-order valence-electron chi connectivity index (χ0n) is 23.6. The van der Waals surface area contributed by atoms with Crippen molar-refractivity contribution >= 4 is 72.5 Å². The number of rotatable bonds is 12. The summed E-state index contributed by atoms with van der Waals surface area (Å²) < 4.78 is 24.4. The van der Waals surface area contributed by atoms with E-state index in [-0.39, 0.29) is 68.5 Å². The molecule has 1 aliphatic heterocycles. The fraction of sp³-hybridized carbons (Fsp3) is 0.444. The van der Waals surface area contributed by atoms with Crippen LogP contribution in [0.2, 0.25) is 0 Å². The Hall–Kier alpha value is -2.67. The van der Waals surface area contributed by atoms with Crippen molar-refractivity contribution in [3.05, 3.63) is 52.1 Å². The van der Waals surface area contributed by atoms with Gasteiger partial charge in [-0.05, 0) is 56.8 Å². The van der Waals surface area contributed by atoms with Gasteiger partial charge >= 0.3 is 6.09 Å². The van der Waals surface area contributed by atoms with E-state index in [0.29, 0.717) is 53.5 Å². The van der Waals surface area contributed by atoms with Crippen LogP contribution in [-0.4, -0.2) is 85.2 Å². The number of likely N-dealkylation sites (N-methyl/N-ethyl adjacent to an activating group) is 1. The van der Waals surface area contributed by atoms with E-state index < -0.39 is 17.8 Å². The second kappa shape index (κ2) is 18.0. The van der Waals surface area contributed by atoms with Crippen molar-refractivity contribution in [3.8, 4) is 0 Å². The van der Waals surface area contributed by atoms with Crippen LogP contribution in [0.3, 0.4) is 0 Å². The molecule has 0 spiro atoms. The number of imide groups is 1. The van der Waals surface area contributed by atoms with Gasteiger partial charge in [0.05, 0.1) is 24.4 Å². The number of benzene rings is 1. The van der Waals surface area contributed by atoms with E-state index >= 15 is 0 Å². The highest BCUT2D eigenvalue weighted by atomic mass is 35.5. The van der Waals surface area contributed by atoms with Gasteiger partial charge in [-0.25, -0.2) is 14.1 Å². The molecule has 0 bridgehead atoms. The number of hydrogen-bond acceptors (Lipinski definition) is 7. The molecule has 230 valence electrons. The Morgan fingerprint density at radius 1 is 1.05 bits per heavy atom. The van der Waals surface area contributed by atoms with E-state index in [9.17, 15) is 18.8 Å². The summed E-state index contributed by atoms with van der Waals surface area (Å²) in [5.41, 5.74) is 8.55. The Morgan fingerprint density at radius 3 is 2.37 bits per heavy atom. The number of H-pyrrole nitrogens is 1. The Labute approximate surface area is 258 Å². The molecule has 0 radical (unpaired) electrons. The number of fused-ring (bicyclic) bond motifs is 1. The Morgan fingerprint density at radius 2 is 1.73 bits per heavy atom. The fourth-order valence-electron chi connectivity index (χ4n) is 4.33. The van der Waals surface area contributed by atoms with Crippen LogP contribution in [0, 0.1) is 19.7 Å². The van der Waals surface area contributed by atoms with Crippen LogP contribution in [0.25, 0.3) is 11.6 Å². The van der Waals surface area contributed by atoms with Crippen LogP contribution in [0.1, 0.15) is 46.7 Å². The second-order valence-electron chi connectivity index (χ2n) is 8.86. The molecule has 2 heterocycles. The highest BCUT2D eigenvalue weighted by Crippen LogP contribution is 2.34. The molecular weight excluding hydrogens is 600 g/mol. The van der Waals surface area contributed by atoms with Gasteiger partial charge < -0.3 is 30.4 Å². The highest BCUT2D eigenvalue weighted by Gasteiger charge is 2.30. The molecule has 1 aromatic heterocycles. The first-order chi connectivity index (χ1) is 18.2. The lowest BCUT2D eigenvalue weighted by atomic mass is 10.0. The lowest BCUT2D eigenvalue weighted by molar-refractivity contribution is -0.110. The van der Waals surface area contributed by atoms with E-state index in [1.165, 1.54) is 18.2 Å². The molecule has 2 aromatic rings. The standard InChI is InChI=1S/C27H36FN5O5.3ClH/c1-5-32(6-2)10-11-33(27(36)38-14-13-37-12-9-29)26(35)24-17(3)23(30-18(24)4)16-21-20-15-19(28)7-8-22(20)31-25(21)34;;;/h7-8,15-16,30H,5-6,9-14,29H2,1-4H3,(H,31,34);3*1H. The number of carbonyl (C=O) groups is 3. The smallest absolute Gasteiger partial charge is 0.416 e. The first kappa shape index (κ1) is 38.3. The summed E-state index contributed by atoms with van der Waals surface area (Å²) in [4.78, 5) is 45.6. The molecule has 0 fully saturated rings. The summed E-state index contributed by atoms with van der Waals surface area (Å²) in [7, 11) is 0. The van der Waals surface area contributed by atoms with Gasteiger partial charge in [-0.15, -0.1) is 37.2 Å². The molecule has 0 aliphatic carbocycles. The third-order valence-electron chi connectivity index (χ3n) is 6.46. The minimum absolute atomic E-state index is 0. The van der Waals surface area contributed by atoms with E-state index in [1.54, 1.807) is 19.9 Å². The van der Waals surface area contributed by atoms with Crippen molar-refractivity contribution < 1.29 is 28.2 Å². The fourth-order valence-corrected chi connectivity index (χ4v) is 4.33. The number of aryl methyl sites for hydroxylation is 1. The van der Waals surface area contributed by atoms with Crippen molar-refractivity contribution in [2.45, 2.75) is 27.7 Å². The summed E-state index contributed by atoms with van der Waals surface area (Å²) in [6.07, 6.45) is 0.825. The number of ether oxygens (including phenoxy) is 2. The largest absolute Gasteiger partial charge is 0.447 e. The maximum Gasteiger partial charge on any atom is 0.416 e. The molecule has 4 N–H and O–H groups in total. The molecule has 10 nitrogen and oxygen atoms in total. The van der Waals surface area contributed by atoms with Crippen LogP contribution < -0.4 is 11.1 Å². The number of anilines is 1. The molecule has 1 aromatic carbocycles. The molecule has 14 heteroatoms. The first-order valence-electron chi connectivity index (χ1n) is 12.7. The normalized spacial score (nSPS) is 12.7. The average molecular weight is 639 g/mol. The Balaban J connectivity index is 0.00000533. The van der Waals surface area contributed by atoms with Crippen LogP contribution in [-0.2, 0) is 14.3 Å². The van der Waals surface area contributed by atoms with Gasteiger partial charge in [-0.1, -0.05) is 13.8 Å². The molecule has 0 saturated heterocycles. The van der Waals surface area contributed by atoms with Gasteiger partial charge in [0.25, 0.3) is 11.8 Å². The monoisotopic (exact) mass is 637 g/mol. The van der Waals surface area contributed by atoms with Gasteiger partial charge in [0.1, 0.15) is 12.4 Å². The summed E-state index contributed by atoms with van der Waals surface area (Å²) in [6, 6.07) is 4.07. The lowest BCUT2D eigenvalue weighted by Crippen LogP contribution is -2.43. The van der Waals surface area contributed by atoms with E-state index in [4.69, 9.17) is 15.2 Å². The Kier molecular flexibility index (Phi) is 16.8. The van der Waals surface area contributed by atoms with Crippen molar-refractivity contribution in [2.75, 3.05) is 57.9 Å². The zero-order valence-corrected chi connectivity index (χ0v) is 26.0. The molecule has 1 aliphatic rings. The minimum atomic E-state index is -0.766. The number of nitrogens with two attached hydrogens (primary N) is 1. The number of halogens is 4. The lowest BCUT2D eigenvalue weighted by Gasteiger charge is -2.25. The second-order valence-corrected chi connectivity index (χ2v) is 8.86. The molecule has 0 saturated carbocycles. The minimum Gasteiger partial charge on any atom is -0.447 e. The van der Waals surface area contributed by atoms with Gasteiger partial charge in [-0.3, -0.25) is 9.59 Å². The maximum absolute atomic E-state index is 13.9. The van der Waals surface area contributed by atoms with Crippen molar-refractivity contribution in [1.82, 2.24) is 14.8 Å². The van der Waals surface area contributed by atoms with Crippen molar-refractivity contribution in [1.29, 1.82) is 0 Å². The van der Waals surface area contributed by atoms with E-state index in [2.05, 4.69) is 15.2 Å². The highest BCUT2D eigenvalue weighted by molar-refractivity contribution is 6.35. The summed E-state index contributed by atoms with van der Waals surface area (Å²) in [6.45, 7) is 10.5. The van der Waals surface area contributed by atoms with Crippen LogP contribution >= 0.6 is 37.2 Å². The molecular formula is C27H39Cl3FN5O5. The van der Waals surface area contributed by atoms with Gasteiger partial charge in [0, 0.05) is 42.3 Å². The first-order valence-corrected chi connectivity index (χ1v) is 12.7. The van der Waals surface area contributed by atoms with Gasteiger partial charge in [0.2, 0.25) is 0 Å². The number of hydrogen-bond donors (Lipinski definition) is 3. The van der Waals surface area contributed by atoms with E-state index in [0.717, 1.165) is 18.0 Å². The molecule has 0 atom stereocenters. The predicted octanol–water partition coefficient (Wildman–Crippen LogP) is 4.42.